The van der Waals surface area contributed by atoms with Crippen LogP contribution in [0.3, 0.4) is 0 Å². The molecule has 0 aliphatic carbocycles. The molecule has 1 saturated heterocycles. The number of piperazine rings is 1. The third-order valence-corrected chi connectivity index (χ3v) is 4.07. The summed E-state index contributed by atoms with van der Waals surface area (Å²) >= 11 is 6.06. The molecular formula is C15H23Cl3F2N2. The van der Waals surface area contributed by atoms with Gasteiger partial charge in [-0.15, -0.1) is 24.8 Å². The minimum absolute atomic E-state index is 0. The first-order valence-corrected chi connectivity index (χ1v) is 7.28. The predicted molar refractivity (Wildman–Crippen MR) is 92.5 cm³/mol. The van der Waals surface area contributed by atoms with Crippen molar-refractivity contribution >= 4 is 36.4 Å². The molecule has 2 rings (SSSR count). The molecule has 1 aliphatic heterocycles. The predicted octanol–water partition coefficient (Wildman–Crippen LogP) is 4.45. The van der Waals surface area contributed by atoms with Crippen molar-refractivity contribution in [2.24, 2.45) is 5.41 Å². The first-order valence-electron chi connectivity index (χ1n) is 6.90. The normalized spacial score (nSPS) is 17.4. The van der Waals surface area contributed by atoms with E-state index in [0.29, 0.717) is 0 Å². The van der Waals surface area contributed by atoms with Gasteiger partial charge >= 0.3 is 0 Å². The van der Waals surface area contributed by atoms with Crippen molar-refractivity contribution in [1.29, 1.82) is 0 Å². The minimum Gasteiger partial charge on any atom is -0.314 e. The molecular weight excluding hydrogens is 353 g/mol. The van der Waals surface area contributed by atoms with Crippen LogP contribution in [0.4, 0.5) is 8.78 Å². The molecule has 1 fully saturated rings. The van der Waals surface area contributed by atoms with Crippen LogP contribution in [-0.2, 0) is 0 Å². The largest absolute Gasteiger partial charge is 0.314 e. The summed E-state index contributed by atoms with van der Waals surface area (Å²) in [6.07, 6.45) is 0. The van der Waals surface area contributed by atoms with E-state index in [4.69, 9.17) is 11.6 Å². The lowest BCUT2D eigenvalue weighted by molar-refractivity contribution is 0.0833. The molecule has 128 valence electrons. The van der Waals surface area contributed by atoms with Crippen LogP contribution in [0.2, 0.25) is 5.02 Å². The van der Waals surface area contributed by atoms with Crippen LogP contribution in [0, 0.1) is 17.0 Å². The minimum atomic E-state index is -0.563. The second-order valence-corrected chi connectivity index (χ2v) is 6.69. The molecule has 1 heterocycles. The molecule has 7 heteroatoms. The molecule has 1 N–H and O–H groups in total. The summed E-state index contributed by atoms with van der Waals surface area (Å²) in [6.45, 7) is 9.38. The monoisotopic (exact) mass is 374 g/mol. The molecule has 0 unspecified atom stereocenters. The third kappa shape index (κ3) is 4.68. The smallest absolute Gasteiger partial charge is 0.142 e. The summed E-state index contributed by atoms with van der Waals surface area (Å²) in [5, 5.41) is 3.18. The fraction of sp³-hybridized carbons (Fsp3) is 0.600. The quantitative estimate of drug-likeness (QED) is 0.768. The zero-order chi connectivity index (χ0) is 14.9. The SMILES string of the molecule is CC(C)(C)[C@H](c1c(F)ccc(F)c1Cl)N1CCNCC1.Cl.Cl. The van der Waals surface area contributed by atoms with E-state index in [9.17, 15) is 8.78 Å². The van der Waals surface area contributed by atoms with Crippen LogP contribution in [0.25, 0.3) is 0 Å². The van der Waals surface area contributed by atoms with Crippen LogP contribution in [0.1, 0.15) is 32.4 Å². The van der Waals surface area contributed by atoms with Gasteiger partial charge in [0.25, 0.3) is 0 Å². The molecule has 0 radical (unpaired) electrons. The van der Waals surface area contributed by atoms with E-state index in [1.54, 1.807) is 0 Å². The maximum absolute atomic E-state index is 14.3. The fourth-order valence-electron chi connectivity index (χ4n) is 2.90. The van der Waals surface area contributed by atoms with Gasteiger partial charge in [-0.2, -0.15) is 0 Å². The van der Waals surface area contributed by atoms with Crippen molar-refractivity contribution in [1.82, 2.24) is 10.2 Å². The van der Waals surface area contributed by atoms with Gasteiger partial charge in [0.2, 0.25) is 0 Å². The van der Waals surface area contributed by atoms with Gasteiger partial charge in [-0.05, 0) is 17.5 Å². The second-order valence-electron chi connectivity index (χ2n) is 6.31. The zero-order valence-electron chi connectivity index (χ0n) is 13.0. The van der Waals surface area contributed by atoms with Crippen molar-refractivity contribution in [3.05, 3.63) is 34.4 Å². The van der Waals surface area contributed by atoms with Crippen molar-refractivity contribution in [2.75, 3.05) is 26.2 Å². The Morgan fingerprint density at radius 1 is 1.09 bits per heavy atom. The molecule has 2 nitrogen and oxygen atoms in total. The van der Waals surface area contributed by atoms with E-state index in [1.165, 1.54) is 0 Å². The van der Waals surface area contributed by atoms with Gasteiger partial charge in [-0.1, -0.05) is 32.4 Å². The Balaban J connectivity index is 0.00000220. The highest BCUT2D eigenvalue weighted by atomic mass is 35.5. The summed E-state index contributed by atoms with van der Waals surface area (Å²) < 4.78 is 28.0. The highest BCUT2D eigenvalue weighted by Crippen LogP contribution is 2.42. The highest BCUT2D eigenvalue weighted by molar-refractivity contribution is 6.31. The summed E-state index contributed by atoms with van der Waals surface area (Å²) in [5.74, 6) is -0.998. The van der Waals surface area contributed by atoms with Crippen LogP contribution >= 0.6 is 36.4 Å². The molecule has 1 aromatic rings. The van der Waals surface area contributed by atoms with Gasteiger partial charge in [-0.25, -0.2) is 8.78 Å². The molecule has 0 aromatic heterocycles. The lowest BCUT2D eigenvalue weighted by Gasteiger charge is -2.43. The Labute approximate surface area is 148 Å². The lowest BCUT2D eigenvalue weighted by atomic mass is 9.80. The molecule has 1 aliphatic rings. The Morgan fingerprint density at radius 2 is 1.59 bits per heavy atom. The molecule has 0 bridgehead atoms. The van der Waals surface area contributed by atoms with Gasteiger partial charge in [0.05, 0.1) is 5.02 Å². The first kappa shape index (κ1) is 21.9. The van der Waals surface area contributed by atoms with Gasteiger partial charge < -0.3 is 5.32 Å². The first-order chi connectivity index (χ1) is 9.32. The van der Waals surface area contributed by atoms with Crippen molar-refractivity contribution in [3.63, 3.8) is 0 Å². The van der Waals surface area contributed by atoms with E-state index in [2.05, 4.69) is 10.2 Å². The lowest BCUT2D eigenvalue weighted by Crippen LogP contribution is -2.48. The second kappa shape index (κ2) is 8.65. The fourth-order valence-corrected chi connectivity index (χ4v) is 3.15. The summed E-state index contributed by atoms with van der Waals surface area (Å²) in [6, 6.07) is 2.00. The van der Waals surface area contributed by atoms with Crippen LogP contribution in [0.5, 0.6) is 0 Å². The number of nitrogens with one attached hydrogen (secondary N) is 1. The zero-order valence-corrected chi connectivity index (χ0v) is 15.3. The van der Waals surface area contributed by atoms with Gasteiger partial charge in [0.15, 0.2) is 0 Å². The van der Waals surface area contributed by atoms with Gasteiger partial charge in [-0.3, -0.25) is 4.90 Å². The van der Waals surface area contributed by atoms with Crippen LogP contribution in [0.15, 0.2) is 12.1 Å². The molecule has 1 atom stereocenters. The number of hydrogen-bond acceptors (Lipinski definition) is 2. The number of halogens is 5. The average Bonchev–Trinajstić information content (AvgIpc) is 2.39. The Bertz CT molecular complexity index is 486. The van der Waals surface area contributed by atoms with Gasteiger partial charge in [0.1, 0.15) is 11.6 Å². The topological polar surface area (TPSA) is 15.3 Å². The number of nitrogens with zero attached hydrogens (tertiary/aromatic N) is 1. The van der Waals surface area contributed by atoms with Crippen molar-refractivity contribution in [3.8, 4) is 0 Å². The molecule has 0 saturated carbocycles. The van der Waals surface area contributed by atoms with Crippen LogP contribution in [-0.4, -0.2) is 31.1 Å². The Kier molecular flexibility index (Phi) is 8.60. The number of benzene rings is 1. The van der Waals surface area contributed by atoms with E-state index in [0.717, 1.165) is 38.3 Å². The summed E-state index contributed by atoms with van der Waals surface area (Å²) in [7, 11) is 0. The Morgan fingerprint density at radius 3 is 2.09 bits per heavy atom. The van der Waals surface area contributed by atoms with E-state index < -0.39 is 11.6 Å². The maximum atomic E-state index is 14.3. The molecule has 0 amide bonds. The number of hydrogen-bond donors (Lipinski definition) is 1. The van der Waals surface area contributed by atoms with Crippen LogP contribution < -0.4 is 5.32 Å². The summed E-state index contributed by atoms with van der Waals surface area (Å²) in [5.41, 5.74) is 0.0383. The van der Waals surface area contributed by atoms with E-state index in [-0.39, 0.29) is 46.9 Å². The number of rotatable bonds is 2. The molecule has 22 heavy (non-hydrogen) atoms. The molecule has 1 aromatic carbocycles. The maximum Gasteiger partial charge on any atom is 0.142 e. The standard InChI is InChI=1S/C15H21ClF2N2.2ClH/c1-15(2,3)14(20-8-6-19-7-9-20)12-10(17)4-5-11(18)13(12)16;;/h4-5,14,19H,6-9H2,1-3H3;2*1H/t14-;;/m0../s1. The van der Waals surface area contributed by atoms with Gasteiger partial charge in [0, 0.05) is 37.8 Å². The summed E-state index contributed by atoms with van der Waals surface area (Å²) in [4.78, 5) is 2.18. The third-order valence-electron chi connectivity index (χ3n) is 3.69. The average molecular weight is 376 g/mol. The van der Waals surface area contributed by atoms with E-state index in [1.807, 2.05) is 20.8 Å². The van der Waals surface area contributed by atoms with E-state index >= 15 is 0 Å². The van der Waals surface area contributed by atoms with Crippen molar-refractivity contribution < 1.29 is 8.78 Å². The molecule has 0 spiro atoms. The van der Waals surface area contributed by atoms with Crippen molar-refractivity contribution in [2.45, 2.75) is 26.8 Å². The Hall–Kier alpha value is -0.130. The highest BCUT2D eigenvalue weighted by Gasteiger charge is 2.36.